The van der Waals surface area contributed by atoms with E-state index < -0.39 is 0 Å². The average Bonchev–Trinajstić information content (AvgIpc) is 3.31. The van der Waals surface area contributed by atoms with Crippen LogP contribution in [0.4, 0.5) is 17.1 Å². The predicted octanol–water partition coefficient (Wildman–Crippen LogP) is 16.4. The maximum absolute atomic E-state index is 2.42. The zero-order valence-electron chi connectivity index (χ0n) is 32.5. The van der Waals surface area contributed by atoms with Crippen LogP contribution in [0.25, 0.3) is 87.6 Å². The molecule has 0 aliphatic carbocycles. The van der Waals surface area contributed by atoms with Crippen molar-refractivity contribution in [2.45, 2.75) is 0 Å². The lowest BCUT2D eigenvalue weighted by Gasteiger charge is -2.27. The summed E-state index contributed by atoms with van der Waals surface area (Å²) in [5.41, 5.74) is 13.0. The van der Waals surface area contributed by atoms with Crippen LogP contribution in [-0.4, -0.2) is 0 Å². The minimum atomic E-state index is 1.09. The molecule has 0 atom stereocenters. The van der Waals surface area contributed by atoms with Crippen LogP contribution in [0.3, 0.4) is 0 Å². The highest BCUT2D eigenvalue weighted by Gasteiger charge is 2.21. The van der Waals surface area contributed by atoms with Crippen LogP contribution in [0.5, 0.6) is 0 Å². The SMILES string of the molecule is c1ccc(-c2c(-c3ccccc3)c3cc(N(c4ccc(-c5cccc6ccccc56)cc4)c4cccc(-c5ccc6ccccc6c5)c4)ccc3c3ccccc23)cc1. The number of hydrogen-bond donors (Lipinski definition) is 0. The summed E-state index contributed by atoms with van der Waals surface area (Å²) in [5.74, 6) is 0. The highest BCUT2D eigenvalue weighted by molar-refractivity contribution is 6.22. The standard InChI is InChI=1S/C58H39N/c1-3-17-43(18-4-1)57-55-27-12-11-26-53(55)54-36-35-50(39-56(54)58(57)44-19-5-2-6-20-44)59(48-33-31-42(32-34-48)52-28-14-22-41-16-9-10-25-51(41)52)49-24-13-23-46(38-49)47-30-29-40-15-7-8-21-45(40)37-47/h1-39H. The molecule has 11 rings (SSSR count). The van der Waals surface area contributed by atoms with Gasteiger partial charge in [0.05, 0.1) is 0 Å². The molecule has 0 N–H and O–H groups in total. The van der Waals surface area contributed by atoms with Crippen molar-refractivity contribution < 1.29 is 0 Å². The Morgan fingerprint density at radius 2 is 0.729 bits per heavy atom. The van der Waals surface area contributed by atoms with Gasteiger partial charge in [-0.2, -0.15) is 0 Å². The van der Waals surface area contributed by atoms with E-state index in [1.807, 2.05) is 0 Å². The zero-order valence-corrected chi connectivity index (χ0v) is 32.5. The molecule has 0 saturated heterocycles. The Morgan fingerprint density at radius 1 is 0.220 bits per heavy atom. The Balaban J connectivity index is 1.15. The molecule has 0 saturated carbocycles. The van der Waals surface area contributed by atoms with E-state index >= 15 is 0 Å². The van der Waals surface area contributed by atoms with E-state index in [4.69, 9.17) is 0 Å². The van der Waals surface area contributed by atoms with Crippen LogP contribution in [0, 0.1) is 0 Å². The first-order valence-corrected chi connectivity index (χ1v) is 20.3. The molecule has 0 aromatic heterocycles. The van der Waals surface area contributed by atoms with Gasteiger partial charge in [0, 0.05) is 17.1 Å². The van der Waals surface area contributed by atoms with E-state index in [0.717, 1.165) is 17.1 Å². The first kappa shape index (κ1) is 34.5. The normalized spacial score (nSPS) is 11.4. The topological polar surface area (TPSA) is 3.24 Å². The zero-order chi connectivity index (χ0) is 39.1. The second kappa shape index (κ2) is 14.6. The molecule has 0 amide bonds. The molecule has 0 unspecified atom stereocenters. The molecular weight excluding hydrogens is 711 g/mol. The Hall–Kier alpha value is -7.74. The minimum Gasteiger partial charge on any atom is -0.310 e. The van der Waals surface area contributed by atoms with Crippen LogP contribution in [-0.2, 0) is 0 Å². The molecular formula is C58H39N. The maximum atomic E-state index is 2.42. The van der Waals surface area contributed by atoms with Gasteiger partial charge in [0.25, 0.3) is 0 Å². The second-order valence-corrected chi connectivity index (χ2v) is 15.3. The van der Waals surface area contributed by atoms with Crippen molar-refractivity contribution in [1.82, 2.24) is 0 Å². The molecule has 59 heavy (non-hydrogen) atoms. The fraction of sp³-hybridized carbons (Fsp3) is 0. The molecule has 0 aliphatic heterocycles. The van der Waals surface area contributed by atoms with E-state index in [1.165, 1.54) is 87.6 Å². The Bertz CT molecular complexity index is 3310. The van der Waals surface area contributed by atoms with E-state index in [0.29, 0.717) is 0 Å². The fourth-order valence-electron chi connectivity index (χ4n) is 9.04. The van der Waals surface area contributed by atoms with Crippen LogP contribution in [0.1, 0.15) is 0 Å². The summed E-state index contributed by atoms with van der Waals surface area (Å²) in [6, 6.07) is 86.3. The Morgan fingerprint density at radius 3 is 1.49 bits per heavy atom. The van der Waals surface area contributed by atoms with E-state index in [2.05, 4.69) is 241 Å². The first-order chi connectivity index (χ1) is 29.3. The summed E-state index contributed by atoms with van der Waals surface area (Å²) in [4.78, 5) is 2.42. The molecule has 0 heterocycles. The van der Waals surface area contributed by atoms with Crippen LogP contribution >= 0.6 is 0 Å². The van der Waals surface area contributed by atoms with E-state index in [1.54, 1.807) is 0 Å². The molecule has 11 aromatic carbocycles. The van der Waals surface area contributed by atoms with Crippen molar-refractivity contribution in [3.8, 4) is 44.5 Å². The van der Waals surface area contributed by atoms with Gasteiger partial charge in [0.1, 0.15) is 0 Å². The van der Waals surface area contributed by atoms with Crippen molar-refractivity contribution in [1.29, 1.82) is 0 Å². The lowest BCUT2D eigenvalue weighted by Crippen LogP contribution is -2.10. The number of rotatable bonds is 7. The van der Waals surface area contributed by atoms with Gasteiger partial charge < -0.3 is 4.90 Å². The smallest absolute Gasteiger partial charge is 0.0468 e. The molecule has 0 radical (unpaired) electrons. The van der Waals surface area contributed by atoms with Gasteiger partial charge in [-0.1, -0.05) is 194 Å². The van der Waals surface area contributed by atoms with Crippen molar-refractivity contribution >= 4 is 60.2 Å². The lowest BCUT2D eigenvalue weighted by atomic mass is 9.85. The van der Waals surface area contributed by atoms with Gasteiger partial charge in [0.15, 0.2) is 0 Å². The molecule has 0 spiro atoms. The molecule has 0 fully saturated rings. The number of anilines is 3. The Labute approximate surface area is 344 Å². The van der Waals surface area contributed by atoms with Gasteiger partial charge in [-0.15, -0.1) is 0 Å². The van der Waals surface area contributed by atoms with Crippen LogP contribution < -0.4 is 4.90 Å². The Kier molecular flexibility index (Phi) is 8.56. The van der Waals surface area contributed by atoms with Crippen molar-refractivity contribution in [2.24, 2.45) is 0 Å². The van der Waals surface area contributed by atoms with E-state index in [9.17, 15) is 0 Å². The van der Waals surface area contributed by atoms with Crippen LogP contribution in [0.2, 0.25) is 0 Å². The first-order valence-electron chi connectivity index (χ1n) is 20.3. The molecule has 11 aromatic rings. The molecule has 0 aliphatic rings. The molecule has 0 bridgehead atoms. The second-order valence-electron chi connectivity index (χ2n) is 15.3. The van der Waals surface area contributed by atoms with Crippen molar-refractivity contribution in [3.05, 3.63) is 237 Å². The third-order valence-corrected chi connectivity index (χ3v) is 11.8. The van der Waals surface area contributed by atoms with Gasteiger partial charge in [0.2, 0.25) is 0 Å². The number of fused-ring (bicyclic) bond motifs is 5. The molecule has 1 heteroatoms. The summed E-state index contributed by atoms with van der Waals surface area (Å²) in [6.07, 6.45) is 0. The van der Waals surface area contributed by atoms with Gasteiger partial charge in [-0.3, -0.25) is 0 Å². The van der Waals surface area contributed by atoms with Crippen molar-refractivity contribution in [2.75, 3.05) is 4.90 Å². The van der Waals surface area contributed by atoms with Crippen LogP contribution in [0.15, 0.2) is 237 Å². The fourth-order valence-corrected chi connectivity index (χ4v) is 9.04. The minimum absolute atomic E-state index is 1.09. The van der Waals surface area contributed by atoms with Gasteiger partial charge in [-0.05, 0) is 130 Å². The highest BCUT2D eigenvalue weighted by Crippen LogP contribution is 2.47. The maximum Gasteiger partial charge on any atom is 0.0468 e. The summed E-state index contributed by atoms with van der Waals surface area (Å²) in [7, 11) is 0. The summed E-state index contributed by atoms with van der Waals surface area (Å²) in [6.45, 7) is 0. The van der Waals surface area contributed by atoms with Gasteiger partial charge in [-0.25, -0.2) is 0 Å². The third-order valence-electron chi connectivity index (χ3n) is 11.8. The third kappa shape index (κ3) is 6.21. The predicted molar refractivity (Wildman–Crippen MR) is 253 cm³/mol. The monoisotopic (exact) mass is 749 g/mol. The largest absolute Gasteiger partial charge is 0.310 e. The highest BCUT2D eigenvalue weighted by atomic mass is 15.1. The number of nitrogens with zero attached hydrogens (tertiary/aromatic N) is 1. The molecule has 276 valence electrons. The number of hydrogen-bond acceptors (Lipinski definition) is 1. The molecule has 1 nitrogen and oxygen atoms in total. The number of benzene rings is 11. The van der Waals surface area contributed by atoms with Gasteiger partial charge >= 0.3 is 0 Å². The summed E-state index contributed by atoms with van der Waals surface area (Å²) in [5, 5.41) is 9.93. The summed E-state index contributed by atoms with van der Waals surface area (Å²) >= 11 is 0. The quantitative estimate of drug-likeness (QED) is 0.147. The summed E-state index contributed by atoms with van der Waals surface area (Å²) < 4.78 is 0. The average molecular weight is 750 g/mol. The van der Waals surface area contributed by atoms with Crippen molar-refractivity contribution in [3.63, 3.8) is 0 Å². The van der Waals surface area contributed by atoms with E-state index in [-0.39, 0.29) is 0 Å². The lowest BCUT2D eigenvalue weighted by molar-refractivity contribution is 1.29.